The van der Waals surface area contributed by atoms with Gasteiger partial charge in [0.2, 0.25) is 10.0 Å². The van der Waals surface area contributed by atoms with E-state index in [1.165, 1.54) is 16.1 Å². The van der Waals surface area contributed by atoms with Crippen LogP contribution in [0.15, 0.2) is 42.5 Å². The van der Waals surface area contributed by atoms with Crippen LogP contribution in [0.2, 0.25) is 0 Å². The summed E-state index contributed by atoms with van der Waals surface area (Å²) in [6.07, 6.45) is 2.81. The Bertz CT molecular complexity index is 921. The smallest absolute Gasteiger partial charge is 0.251 e. The minimum absolute atomic E-state index is 0.103. The van der Waals surface area contributed by atoms with Crippen molar-refractivity contribution in [3.63, 3.8) is 0 Å². The van der Waals surface area contributed by atoms with E-state index in [0.717, 1.165) is 17.5 Å². The Labute approximate surface area is 155 Å². The van der Waals surface area contributed by atoms with E-state index in [4.69, 9.17) is 0 Å². The third-order valence-electron chi connectivity index (χ3n) is 4.83. The molecule has 1 N–H and O–H groups in total. The van der Waals surface area contributed by atoms with E-state index in [9.17, 15) is 13.2 Å². The van der Waals surface area contributed by atoms with Gasteiger partial charge in [0.05, 0.1) is 18.0 Å². The van der Waals surface area contributed by atoms with E-state index in [0.29, 0.717) is 24.2 Å². The number of carbonyl (C=O) groups is 1. The summed E-state index contributed by atoms with van der Waals surface area (Å²) in [4.78, 5) is 12.6. The summed E-state index contributed by atoms with van der Waals surface area (Å²) in [7, 11) is -3.28. The van der Waals surface area contributed by atoms with E-state index >= 15 is 0 Å². The molecule has 5 nitrogen and oxygen atoms in total. The third kappa shape index (κ3) is 3.75. The highest BCUT2D eigenvalue weighted by Crippen LogP contribution is 2.30. The molecule has 3 rings (SSSR count). The first-order valence-corrected chi connectivity index (χ1v) is 10.6. The van der Waals surface area contributed by atoms with Gasteiger partial charge in [0.25, 0.3) is 5.91 Å². The van der Waals surface area contributed by atoms with Crippen LogP contribution in [-0.2, 0) is 22.9 Å². The first-order chi connectivity index (χ1) is 12.3. The van der Waals surface area contributed by atoms with Crippen LogP contribution in [-0.4, -0.2) is 27.1 Å². The molecule has 1 unspecified atom stereocenters. The molecule has 2 aromatic rings. The molecule has 0 aromatic heterocycles. The Morgan fingerprint density at radius 1 is 1.19 bits per heavy atom. The van der Waals surface area contributed by atoms with E-state index < -0.39 is 10.0 Å². The summed E-state index contributed by atoms with van der Waals surface area (Å²) >= 11 is 0. The van der Waals surface area contributed by atoms with E-state index in [1.54, 1.807) is 18.2 Å². The first kappa shape index (κ1) is 18.5. The SMILES string of the molecule is CCc1ccc(C(C)NC(=O)c2ccc3c(c2)CCN3S(C)(=O)=O)cc1. The maximum absolute atomic E-state index is 12.6. The molecule has 0 fully saturated rings. The van der Waals surface area contributed by atoms with Crippen molar-refractivity contribution in [1.82, 2.24) is 5.32 Å². The van der Waals surface area contributed by atoms with E-state index in [1.807, 2.05) is 19.1 Å². The zero-order valence-electron chi connectivity index (χ0n) is 15.3. The molecule has 1 heterocycles. The lowest BCUT2D eigenvalue weighted by Gasteiger charge is -2.17. The van der Waals surface area contributed by atoms with Gasteiger partial charge < -0.3 is 5.32 Å². The lowest BCUT2D eigenvalue weighted by molar-refractivity contribution is 0.0940. The Hall–Kier alpha value is -2.34. The second-order valence-corrected chi connectivity index (χ2v) is 8.63. The van der Waals surface area contributed by atoms with Crippen LogP contribution in [0.4, 0.5) is 5.69 Å². The number of fused-ring (bicyclic) bond motifs is 1. The zero-order valence-corrected chi connectivity index (χ0v) is 16.1. The zero-order chi connectivity index (χ0) is 18.9. The molecule has 0 bridgehead atoms. The number of rotatable bonds is 5. The molecule has 0 aliphatic carbocycles. The summed E-state index contributed by atoms with van der Waals surface area (Å²) in [5.74, 6) is -0.155. The molecular weight excluding hydrogens is 348 g/mol. The molecule has 0 radical (unpaired) electrons. The number of nitrogens with zero attached hydrogens (tertiary/aromatic N) is 1. The molecule has 0 spiro atoms. The fourth-order valence-corrected chi connectivity index (χ4v) is 4.22. The lowest BCUT2D eigenvalue weighted by atomic mass is 10.0. The van der Waals surface area contributed by atoms with Gasteiger partial charge in [0, 0.05) is 12.1 Å². The summed E-state index contributed by atoms with van der Waals surface area (Å²) in [6, 6.07) is 13.3. The van der Waals surface area contributed by atoms with Crippen LogP contribution in [0.1, 0.15) is 46.9 Å². The third-order valence-corrected chi connectivity index (χ3v) is 6.01. The molecule has 0 saturated heterocycles. The van der Waals surface area contributed by atoms with Crippen molar-refractivity contribution >= 4 is 21.6 Å². The second-order valence-electron chi connectivity index (χ2n) is 6.72. The van der Waals surface area contributed by atoms with Gasteiger partial charge in [0.15, 0.2) is 0 Å². The highest BCUT2D eigenvalue weighted by Gasteiger charge is 2.26. The average Bonchev–Trinajstić information content (AvgIpc) is 3.05. The van der Waals surface area contributed by atoms with E-state index in [2.05, 4.69) is 24.4 Å². The number of anilines is 1. The predicted octanol–water partition coefficient (Wildman–Crippen LogP) is 3.06. The molecule has 138 valence electrons. The number of amides is 1. The van der Waals surface area contributed by atoms with Crippen LogP contribution in [0.5, 0.6) is 0 Å². The predicted molar refractivity (Wildman–Crippen MR) is 104 cm³/mol. The Balaban J connectivity index is 1.74. The maximum Gasteiger partial charge on any atom is 0.251 e. The molecular formula is C20H24N2O3S. The van der Waals surface area contributed by atoms with Gasteiger partial charge in [-0.15, -0.1) is 0 Å². The molecule has 2 aromatic carbocycles. The quantitative estimate of drug-likeness (QED) is 0.877. The summed E-state index contributed by atoms with van der Waals surface area (Å²) in [5, 5.41) is 3.01. The highest BCUT2D eigenvalue weighted by molar-refractivity contribution is 7.92. The Kier molecular flexibility index (Phi) is 5.05. The van der Waals surface area contributed by atoms with Crippen LogP contribution in [0, 0.1) is 0 Å². The second kappa shape index (κ2) is 7.11. The topological polar surface area (TPSA) is 66.5 Å². The van der Waals surface area contributed by atoms with Gasteiger partial charge in [-0.1, -0.05) is 31.2 Å². The monoisotopic (exact) mass is 372 g/mol. The molecule has 1 atom stereocenters. The number of sulfonamides is 1. The van der Waals surface area contributed by atoms with Gasteiger partial charge in [-0.25, -0.2) is 8.42 Å². The number of carbonyl (C=O) groups excluding carboxylic acids is 1. The molecule has 1 aliphatic rings. The van der Waals surface area contributed by atoms with Crippen molar-refractivity contribution in [2.75, 3.05) is 17.1 Å². The van der Waals surface area contributed by atoms with Crippen LogP contribution >= 0.6 is 0 Å². The molecule has 0 saturated carbocycles. The maximum atomic E-state index is 12.6. The average molecular weight is 372 g/mol. The number of benzene rings is 2. The Morgan fingerprint density at radius 3 is 2.50 bits per heavy atom. The molecule has 6 heteroatoms. The number of hydrogen-bond donors (Lipinski definition) is 1. The molecule has 26 heavy (non-hydrogen) atoms. The first-order valence-electron chi connectivity index (χ1n) is 8.80. The van der Waals surface area contributed by atoms with Crippen molar-refractivity contribution in [2.45, 2.75) is 32.7 Å². The highest BCUT2D eigenvalue weighted by atomic mass is 32.2. The van der Waals surface area contributed by atoms with E-state index in [-0.39, 0.29) is 11.9 Å². The Morgan fingerprint density at radius 2 is 1.88 bits per heavy atom. The van der Waals surface area contributed by atoms with Gasteiger partial charge >= 0.3 is 0 Å². The summed E-state index contributed by atoms with van der Waals surface area (Å²) in [6.45, 7) is 4.50. The standard InChI is InChI=1S/C20H24N2O3S/c1-4-15-5-7-16(8-6-15)14(2)21-20(23)18-9-10-19-17(13-18)11-12-22(19)26(3,24)25/h5-10,13-14H,4,11-12H2,1-3H3,(H,21,23). The lowest BCUT2D eigenvalue weighted by Crippen LogP contribution is -2.28. The van der Waals surface area contributed by atoms with Crippen molar-refractivity contribution < 1.29 is 13.2 Å². The van der Waals surface area contributed by atoms with Gasteiger partial charge in [-0.3, -0.25) is 9.10 Å². The normalized spacial score (nSPS) is 14.8. The number of hydrogen-bond acceptors (Lipinski definition) is 3. The summed E-state index contributed by atoms with van der Waals surface area (Å²) in [5.41, 5.74) is 4.44. The summed E-state index contributed by atoms with van der Waals surface area (Å²) < 4.78 is 25.0. The van der Waals surface area contributed by atoms with Crippen LogP contribution in [0.3, 0.4) is 0 Å². The minimum atomic E-state index is -3.28. The minimum Gasteiger partial charge on any atom is -0.346 e. The van der Waals surface area contributed by atoms with Crippen molar-refractivity contribution in [1.29, 1.82) is 0 Å². The molecule has 1 aliphatic heterocycles. The largest absolute Gasteiger partial charge is 0.346 e. The van der Waals surface area contributed by atoms with Gasteiger partial charge in [-0.05, 0) is 54.7 Å². The van der Waals surface area contributed by atoms with Crippen LogP contribution in [0.25, 0.3) is 0 Å². The van der Waals surface area contributed by atoms with Crippen LogP contribution < -0.4 is 9.62 Å². The number of nitrogens with one attached hydrogen (secondary N) is 1. The van der Waals surface area contributed by atoms with Gasteiger partial charge in [-0.2, -0.15) is 0 Å². The number of aryl methyl sites for hydroxylation is 1. The fourth-order valence-electron chi connectivity index (χ4n) is 3.26. The van der Waals surface area contributed by atoms with Crippen molar-refractivity contribution in [3.05, 3.63) is 64.7 Å². The fraction of sp³-hybridized carbons (Fsp3) is 0.350. The van der Waals surface area contributed by atoms with Crippen molar-refractivity contribution in [3.8, 4) is 0 Å². The van der Waals surface area contributed by atoms with Gasteiger partial charge in [0.1, 0.15) is 0 Å². The van der Waals surface area contributed by atoms with Crippen molar-refractivity contribution in [2.24, 2.45) is 0 Å². The molecule has 1 amide bonds.